The van der Waals surface area contributed by atoms with E-state index < -0.39 is 0 Å². The Balaban J connectivity index is 0. The molecular formula is H14AsBiFeO8. The predicted molar refractivity (Wildman–Crippen MR) is 35.4 cm³/mol. The normalized spacial score (nSPS) is 0. The second-order valence-corrected chi connectivity index (χ2v) is 0. The second kappa shape index (κ2) is 489. The van der Waals surface area contributed by atoms with Gasteiger partial charge >= 0.3 is 61.2 Å². The fourth-order valence-electron chi connectivity index (χ4n) is 0. The van der Waals surface area contributed by atoms with Gasteiger partial charge in [-0.1, -0.05) is 0 Å². The zero-order chi connectivity index (χ0) is 0. The van der Waals surface area contributed by atoms with Crippen LogP contribution in [-0.2, 0) is 17.1 Å². The molecule has 2 radical (unpaired) electrons. The average molecular weight is 482 g/mol. The molecule has 0 aliphatic carbocycles. The van der Waals surface area contributed by atoms with Gasteiger partial charge < -0.3 is 43.8 Å². The van der Waals surface area contributed by atoms with Crippen molar-refractivity contribution in [2.75, 3.05) is 0 Å². The maximum absolute atomic E-state index is 0. The zero-order valence-electron chi connectivity index (χ0n) is 4.38. The van der Waals surface area contributed by atoms with Gasteiger partial charge in [-0.05, 0) is 0 Å². The molecule has 0 fully saturated rings. The average Bonchev–Trinajstić information content (AvgIpc) is 0. The van der Waals surface area contributed by atoms with E-state index in [1.165, 1.54) is 0 Å². The van der Waals surface area contributed by atoms with Gasteiger partial charge in [-0.25, -0.2) is 0 Å². The third-order valence-electron chi connectivity index (χ3n) is 0. The molecule has 80 valence electrons. The molecule has 11 heavy (non-hydrogen) atoms. The van der Waals surface area contributed by atoms with Crippen LogP contribution >= 0.6 is 0 Å². The summed E-state index contributed by atoms with van der Waals surface area (Å²) in [7, 11) is 0. The third-order valence-corrected chi connectivity index (χ3v) is 0. The predicted octanol–water partition coefficient (Wildman–Crippen LogP) is -3.78. The van der Waals surface area contributed by atoms with Crippen molar-refractivity contribution in [1.82, 2.24) is 0 Å². The van der Waals surface area contributed by atoms with Gasteiger partial charge in [0, 0.05) is 0 Å². The van der Waals surface area contributed by atoms with Crippen molar-refractivity contribution in [3.8, 4) is 0 Å². The second-order valence-electron chi connectivity index (χ2n) is 0. The first kappa shape index (κ1) is 636. The minimum absolute atomic E-state index is 0. The molecular weight excluding hydrogens is 468 g/mol. The van der Waals surface area contributed by atoms with Crippen molar-refractivity contribution in [1.29, 1.82) is 0 Å². The summed E-state index contributed by atoms with van der Waals surface area (Å²) < 4.78 is 0. The van der Waals surface area contributed by atoms with E-state index in [2.05, 4.69) is 0 Å². The van der Waals surface area contributed by atoms with E-state index in [0.717, 1.165) is 0 Å². The van der Waals surface area contributed by atoms with Crippen LogP contribution in [0.2, 0.25) is 0 Å². The molecule has 8 N–H and O–H groups in total. The Morgan fingerprint density at radius 2 is 0.364 bits per heavy atom. The fourth-order valence-corrected chi connectivity index (χ4v) is 0. The molecule has 0 aliphatic rings. The van der Waals surface area contributed by atoms with Crippen LogP contribution in [0.5, 0.6) is 0 Å². The van der Waals surface area contributed by atoms with Crippen LogP contribution in [0.4, 0.5) is 0 Å². The van der Waals surface area contributed by atoms with Crippen molar-refractivity contribution < 1.29 is 60.9 Å². The van der Waals surface area contributed by atoms with Crippen LogP contribution in [0.1, 0.15) is 0 Å². The van der Waals surface area contributed by atoms with Gasteiger partial charge in [0.05, 0.1) is 0 Å². The summed E-state index contributed by atoms with van der Waals surface area (Å²) in [5.74, 6) is 0. The van der Waals surface area contributed by atoms with Gasteiger partial charge in [-0.3, -0.25) is 0 Å². The van der Waals surface area contributed by atoms with E-state index in [9.17, 15) is 0 Å². The number of hydrogen-bond donors (Lipinski definition) is 0. The van der Waals surface area contributed by atoms with Crippen LogP contribution in [-0.4, -0.2) is 88.0 Å². The molecule has 0 atom stereocenters. The van der Waals surface area contributed by atoms with Gasteiger partial charge in [0.1, 0.15) is 0 Å². The Hall–Kier alpha value is 1.64. The minimum Gasteiger partial charge on any atom is -0.870 e. The molecule has 0 bridgehead atoms. The standard InChI is InChI=1S/AsH6.Bi.Fe.8H2O/h1H6;;;8*1H2/q2*+3;+2;;;;;;;;/p-8. The molecule has 0 unspecified atom stereocenters. The van der Waals surface area contributed by atoms with E-state index in [0.29, 0.717) is 0 Å². The van der Waals surface area contributed by atoms with Crippen LogP contribution < -0.4 is 0 Å². The first-order valence-electron chi connectivity index (χ1n) is 0. The van der Waals surface area contributed by atoms with Crippen molar-refractivity contribution in [3.63, 3.8) is 0 Å². The SMILES string of the molecule is [AsH6+3].[Bi+3].[Fe+2].[OH-].[OH-].[OH-].[OH-].[OH-].[OH-].[OH-].[OH-]. The zero-order valence-corrected chi connectivity index (χ0v) is 8.96. The summed E-state index contributed by atoms with van der Waals surface area (Å²) in [6, 6.07) is 0. The maximum atomic E-state index is 0. The van der Waals surface area contributed by atoms with Crippen molar-refractivity contribution >= 4 is 44.2 Å². The van der Waals surface area contributed by atoms with Gasteiger partial charge in [-0.2, -0.15) is 0 Å². The van der Waals surface area contributed by atoms with Crippen LogP contribution in [0.15, 0.2) is 0 Å². The Labute approximate surface area is 104 Å². The Morgan fingerprint density at radius 1 is 0.364 bits per heavy atom. The fraction of sp³-hybridized carbons (Fsp3) is 0. The first-order valence-corrected chi connectivity index (χ1v) is 0. The molecule has 0 heterocycles. The van der Waals surface area contributed by atoms with Gasteiger partial charge in [-0.15, -0.1) is 0 Å². The van der Waals surface area contributed by atoms with E-state index in [-0.39, 0.29) is 105 Å². The Kier molecular flexibility index (Phi) is 28300. The Bertz CT molecular complexity index is 14.1. The minimum atomic E-state index is 0. The maximum Gasteiger partial charge on any atom is 3.00 e. The molecule has 0 rings (SSSR count). The molecule has 0 aromatic rings. The quantitative estimate of drug-likeness (QED) is 0.310. The van der Waals surface area contributed by atoms with E-state index in [1.807, 2.05) is 0 Å². The van der Waals surface area contributed by atoms with Crippen LogP contribution in [0.25, 0.3) is 0 Å². The number of rotatable bonds is 0. The molecule has 0 saturated heterocycles. The van der Waals surface area contributed by atoms with E-state index in [4.69, 9.17) is 0 Å². The third kappa shape index (κ3) is 402. The van der Waals surface area contributed by atoms with Gasteiger partial charge in [0.2, 0.25) is 0 Å². The number of hydrogen-bond acceptors (Lipinski definition) is 8. The molecule has 11 heteroatoms. The molecule has 0 saturated carbocycles. The van der Waals surface area contributed by atoms with E-state index in [1.54, 1.807) is 0 Å². The first-order chi connectivity index (χ1) is 0. The van der Waals surface area contributed by atoms with Crippen molar-refractivity contribution in [3.05, 3.63) is 0 Å². The summed E-state index contributed by atoms with van der Waals surface area (Å²) in [4.78, 5) is 0. The summed E-state index contributed by atoms with van der Waals surface area (Å²) in [6.07, 6.45) is 0. The molecule has 0 amide bonds. The van der Waals surface area contributed by atoms with Gasteiger partial charge in [0.25, 0.3) is 0 Å². The summed E-state index contributed by atoms with van der Waals surface area (Å²) in [5, 5.41) is 0. The summed E-state index contributed by atoms with van der Waals surface area (Å²) >= 11 is 0. The molecule has 0 aromatic carbocycles. The summed E-state index contributed by atoms with van der Waals surface area (Å²) in [5.41, 5.74) is 0. The molecule has 8 nitrogen and oxygen atoms in total. The topological polar surface area (TPSA) is 240 Å². The Morgan fingerprint density at radius 3 is 0.364 bits per heavy atom. The molecule has 0 aliphatic heterocycles. The monoisotopic (exact) mass is 482 g/mol. The van der Waals surface area contributed by atoms with Crippen molar-refractivity contribution in [2.45, 2.75) is 0 Å². The smallest absolute Gasteiger partial charge is 0.870 e. The van der Waals surface area contributed by atoms with Crippen molar-refractivity contribution in [2.24, 2.45) is 0 Å². The van der Waals surface area contributed by atoms with Gasteiger partial charge in [0.15, 0.2) is 0 Å². The van der Waals surface area contributed by atoms with E-state index >= 15 is 0 Å². The van der Waals surface area contributed by atoms with Crippen LogP contribution in [0, 0.1) is 0 Å². The van der Waals surface area contributed by atoms with Crippen LogP contribution in [0.3, 0.4) is 0 Å². The molecule has 0 aromatic heterocycles. The molecule has 0 spiro atoms. The summed E-state index contributed by atoms with van der Waals surface area (Å²) in [6.45, 7) is 0. The largest absolute Gasteiger partial charge is 3.00 e.